The van der Waals surface area contributed by atoms with Crippen LogP contribution >= 0.6 is 11.6 Å². The molecule has 6 nitrogen and oxygen atoms in total. The van der Waals surface area contributed by atoms with E-state index < -0.39 is 17.9 Å². The number of aryl methyl sites for hydroxylation is 1. The first-order valence-electron chi connectivity index (χ1n) is 6.70. The third kappa shape index (κ3) is 3.39. The zero-order chi connectivity index (χ0) is 15.6. The Morgan fingerprint density at radius 3 is 2.86 bits per heavy atom. The summed E-state index contributed by atoms with van der Waals surface area (Å²) >= 11 is 5.88. The van der Waals surface area contributed by atoms with E-state index in [1.807, 2.05) is 6.92 Å². The summed E-state index contributed by atoms with van der Waals surface area (Å²) in [7, 11) is 1.42. The summed E-state index contributed by atoms with van der Waals surface area (Å²) in [4.78, 5) is 40.7. The second kappa shape index (κ2) is 6.22. The molecule has 1 aliphatic rings. The monoisotopic (exact) mass is 309 g/mol. The highest BCUT2D eigenvalue weighted by molar-refractivity contribution is 6.29. The van der Waals surface area contributed by atoms with Crippen LogP contribution in [0.3, 0.4) is 0 Å². The Bertz CT molecular complexity index is 603. The van der Waals surface area contributed by atoms with Crippen LogP contribution in [0.5, 0.6) is 0 Å². The van der Waals surface area contributed by atoms with Gasteiger partial charge in [0.05, 0.1) is 0 Å². The third-order valence-corrected chi connectivity index (χ3v) is 3.62. The summed E-state index contributed by atoms with van der Waals surface area (Å²) < 4.78 is 0. The number of carbonyl (C=O) groups excluding carboxylic acids is 3. The van der Waals surface area contributed by atoms with Gasteiger partial charge < -0.3 is 5.32 Å². The average Bonchev–Trinajstić information content (AvgIpc) is 2.47. The minimum Gasteiger partial charge on any atom is -0.340 e. The Kier molecular flexibility index (Phi) is 4.57. The van der Waals surface area contributed by atoms with Gasteiger partial charge in [0.15, 0.2) is 0 Å². The summed E-state index contributed by atoms with van der Waals surface area (Å²) in [6.45, 7) is 1.91. The average molecular weight is 310 g/mol. The van der Waals surface area contributed by atoms with Crippen LogP contribution in [0.15, 0.2) is 12.1 Å². The Morgan fingerprint density at radius 1 is 1.48 bits per heavy atom. The van der Waals surface area contributed by atoms with Crippen molar-refractivity contribution in [2.24, 2.45) is 0 Å². The van der Waals surface area contributed by atoms with Crippen molar-refractivity contribution in [1.29, 1.82) is 0 Å². The predicted molar refractivity (Wildman–Crippen MR) is 76.9 cm³/mol. The van der Waals surface area contributed by atoms with E-state index >= 15 is 0 Å². The molecule has 1 atom stereocenters. The molecule has 1 fully saturated rings. The quantitative estimate of drug-likeness (QED) is 0.671. The summed E-state index contributed by atoms with van der Waals surface area (Å²) in [5.74, 6) is -1.02. The van der Waals surface area contributed by atoms with Gasteiger partial charge in [0.1, 0.15) is 11.2 Å². The second-order valence-corrected chi connectivity index (χ2v) is 5.27. The number of aromatic nitrogens is 1. The van der Waals surface area contributed by atoms with Crippen LogP contribution in [0.1, 0.15) is 35.8 Å². The van der Waals surface area contributed by atoms with E-state index in [0.717, 1.165) is 4.90 Å². The van der Waals surface area contributed by atoms with Gasteiger partial charge in [-0.3, -0.25) is 19.3 Å². The number of hydrogen-bond donors (Lipinski definition) is 1. The molecule has 0 bridgehead atoms. The first-order valence-corrected chi connectivity index (χ1v) is 7.08. The standard InChI is InChI=1S/C14H16ClN3O3/c1-3-9-6-8(7-11(15)16-9)13(20)17-10-4-5-12(19)18(2)14(10)21/h6-7,10H,3-5H2,1-2H3,(H,17,20). The van der Waals surface area contributed by atoms with Gasteiger partial charge in [-0.15, -0.1) is 0 Å². The maximum absolute atomic E-state index is 12.2. The van der Waals surface area contributed by atoms with Gasteiger partial charge in [0.2, 0.25) is 5.91 Å². The SMILES string of the molecule is CCc1cc(C(=O)NC2CCC(=O)N(C)C2=O)cc(Cl)n1. The van der Waals surface area contributed by atoms with Crippen LogP contribution in [0.25, 0.3) is 0 Å². The van der Waals surface area contributed by atoms with E-state index in [4.69, 9.17) is 11.6 Å². The van der Waals surface area contributed by atoms with Gasteiger partial charge in [-0.2, -0.15) is 0 Å². The largest absolute Gasteiger partial charge is 0.340 e. The molecule has 7 heteroatoms. The lowest BCUT2D eigenvalue weighted by molar-refractivity contribution is -0.147. The molecule has 1 N–H and O–H groups in total. The van der Waals surface area contributed by atoms with Crippen molar-refractivity contribution in [3.8, 4) is 0 Å². The molecule has 0 radical (unpaired) electrons. The maximum atomic E-state index is 12.2. The van der Waals surface area contributed by atoms with Crippen LogP contribution in [-0.4, -0.2) is 40.7 Å². The van der Waals surface area contributed by atoms with Crippen LogP contribution in [0, 0.1) is 0 Å². The van der Waals surface area contributed by atoms with Gasteiger partial charge >= 0.3 is 0 Å². The number of carbonyl (C=O) groups is 3. The first kappa shape index (κ1) is 15.4. The molecule has 1 aromatic rings. The molecular formula is C14H16ClN3O3. The summed E-state index contributed by atoms with van der Waals surface area (Å²) in [5.41, 5.74) is 1.06. The molecule has 0 aliphatic carbocycles. The molecular weight excluding hydrogens is 294 g/mol. The summed E-state index contributed by atoms with van der Waals surface area (Å²) in [6.07, 6.45) is 1.21. The number of hydrogen-bond acceptors (Lipinski definition) is 4. The highest BCUT2D eigenvalue weighted by atomic mass is 35.5. The Balaban J connectivity index is 2.13. The number of piperidine rings is 1. The zero-order valence-corrected chi connectivity index (χ0v) is 12.6. The molecule has 21 heavy (non-hydrogen) atoms. The lowest BCUT2D eigenvalue weighted by Gasteiger charge is -2.28. The highest BCUT2D eigenvalue weighted by Crippen LogP contribution is 2.14. The van der Waals surface area contributed by atoms with Crippen LogP contribution in [0.4, 0.5) is 0 Å². The minimum atomic E-state index is -0.683. The molecule has 1 unspecified atom stereocenters. The fourth-order valence-corrected chi connectivity index (χ4v) is 2.38. The van der Waals surface area contributed by atoms with E-state index in [-0.39, 0.29) is 17.5 Å². The minimum absolute atomic E-state index is 0.231. The zero-order valence-electron chi connectivity index (χ0n) is 11.9. The lowest BCUT2D eigenvalue weighted by atomic mass is 10.0. The summed E-state index contributed by atoms with van der Waals surface area (Å²) in [5, 5.41) is 2.88. The molecule has 2 heterocycles. The maximum Gasteiger partial charge on any atom is 0.252 e. The van der Waals surface area contributed by atoms with Crippen LogP contribution < -0.4 is 5.32 Å². The normalized spacial score (nSPS) is 18.8. The summed E-state index contributed by atoms with van der Waals surface area (Å²) in [6, 6.07) is 2.42. The lowest BCUT2D eigenvalue weighted by Crippen LogP contribution is -2.52. The van der Waals surface area contributed by atoms with Crippen molar-refractivity contribution in [1.82, 2.24) is 15.2 Å². The van der Waals surface area contributed by atoms with Gasteiger partial charge in [-0.1, -0.05) is 18.5 Å². The molecule has 2 rings (SSSR count). The Labute approximate surface area is 127 Å². The number of pyridine rings is 1. The molecule has 0 spiro atoms. The van der Waals surface area contributed by atoms with Crippen molar-refractivity contribution in [2.45, 2.75) is 32.2 Å². The van der Waals surface area contributed by atoms with E-state index in [2.05, 4.69) is 10.3 Å². The number of likely N-dealkylation sites (N-methyl/N-ethyl adjacent to an activating group) is 1. The van der Waals surface area contributed by atoms with Crippen molar-refractivity contribution < 1.29 is 14.4 Å². The number of imide groups is 1. The molecule has 1 saturated heterocycles. The van der Waals surface area contributed by atoms with E-state index in [9.17, 15) is 14.4 Å². The van der Waals surface area contributed by atoms with Crippen molar-refractivity contribution in [3.05, 3.63) is 28.5 Å². The number of rotatable bonds is 3. The number of likely N-dealkylation sites (tertiary alicyclic amines) is 1. The van der Waals surface area contributed by atoms with Crippen molar-refractivity contribution >= 4 is 29.3 Å². The van der Waals surface area contributed by atoms with Crippen molar-refractivity contribution in [2.75, 3.05) is 7.05 Å². The highest BCUT2D eigenvalue weighted by Gasteiger charge is 2.32. The Hall–Kier alpha value is -1.95. The molecule has 3 amide bonds. The second-order valence-electron chi connectivity index (χ2n) is 4.88. The number of amides is 3. The van der Waals surface area contributed by atoms with E-state index in [1.54, 1.807) is 6.07 Å². The van der Waals surface area contributed by atoms with Gasteiger partial charge in [-0.05, 0) is 25.0 Å². The van der Waals surface area contributed by atoms with Gasteiger partial charge in [0.25, 0.3) is 11.8 Å². The Morgan fingerprint density at radius 2 is 2.19 bits per heavy atom. The topological polar surface area (TPSA) is 79.4 Å². The first-order chi connectivity index (χ1) is 9.92. The van der Waals surface area contributed by atoms with Crippen LogP contribution in [0.2, 0.25) is 5.15 Å². The molecule has 0 aromatic carbocycles. The third-order valence-electron chi connectivity index (χ3n) is 3.43. The number of nitrogens with one attached hydrogen (secondary N) is 1. The van der Waals surface area contributed by atoms with Gasteiger partial charge in [-0.25, -0.2) is 4.98 Å². The fourth-order valence-electron chi connectivity index (χ4n) is 2.15. The molecule has 0 saturated carbocycles. The number of nitrogens with zero attached hydrogens (tertiary/aromatic N) is 2. The molecule has 1 aliphatic heterocycles. The van der Waals surface area contributed by atoms with E-state index in [1.165, 1.54) is 13.1 Å². The molecule has 112 valence electrons. The van der Waals surface area contributed by atoms with Crippen molar-refractivity contribution in [3.63, 3.8) is 0 Å². The fraction of sp³-hybridized carbons (Fsp3) is 0.429. The smallest absolute Gasteiger partial charge is 0.252 e. The predicted octanol–water partition coefficient (Wildman–Crippen LogP) is 1.17. The van der Waals surface area contributed by atoms with Crippen LogP contribution in [-0.2, 0) is 16.0 Å². The molecule has 1 aromatic heterocycles. The van der Waals surface area contributed by atoms with Gasteiger partial charge in [0, 0.05) is 24.7 Å². The number of halogens is 1. The van der Waals surface area contributed by atoms with E-state index in [0.29, 0.717) is 24.1 Å².